The molecule has 0 aromatic carbocycles. The van der Waals surface area contributed by atoms with Gasteiger partial charge in [-0.1, -0.05) is 45.4 Å². The normalized spacial score (nSPS) is 12.0. The predicted octanol–water partition coefficient (Wildman–Crippen LogP) is 3.96. The molecule has 0 bridgehead atoms. The van der Waals surface area contributed by atoms with Gasteiger partial charge in [0.2, 0.25) is 0 Å². The van der Waals surface area contributed by atoms with Gasteiger partial charge in [0.1, 0.15) is 0 Å². The summed E-state index contributed by atoms with van der Waals surface area (Å²) in [5.74, 6) is 0. The van der Waals surface area contributed by atoms with Gasteiger partial charge < -0.3 is 9.80 Å². The highest BCUT2D eigenvalue weighted by Gasteiger charge is 2.05. The molecule has 0 heterocycles. The van der Waals surface area contributed by atoms with Crippen LogP contribution in [0.2, 0.25) is 0 Å². The lowest BCUT2D eigenvalue weighted by atomic mass is 10.1. The van der Waals surface area contributed by atoms with Gasteiger partial charge in [0.15, 0.2) is 0 Å². The second-order valence-corrected chi connectivity index (χ2v) is 7.77. The fraction of sp³-hybridized carbons (Fsp3) is 1.00. The zero-order valence-electron chi connectivity index (χ0n) is 15.6. The molecule has 0 saturated carbocycles. The molecule has 2 nitrogen and oxygen atoms in total. The summed E-state index contributed by atoms with van der Waals surface area (Å²) in [6, 6.07) is 0. The summed E-state index contributed by atoms with van der Waals surface area (Å²) in [5, 5.41) is 2.54. The van der Waals surface area contributed by atoms with Crippen molar-refractivity contribution in [3.05, 3.63) is 0 Å². The molecule has 0 radical (unpaired) electrons. The SMILES string of the molecule is CCCCCCCCCC[NH2+]CCCCCC[N+](C)(C)C. The minimum atomic E-state index is 1.12. The van der Waals surface area contributed by atoms with E-state index < -0.39 is 0 Å². The number of nitrogens with two attached hydrogens (primary N) is 1. The molecule has 0 unspecified atom stereocenters. The van der Waals surface area contributed by atoms with Crippen LogP contribution in [-0.4, -0.2) is 45.3 Å². The van der Waals surface area contributed by atoms with Crippen LogP contribution < -0.4 is 5.32 Å². The molecular formula is C19H44N2+2. The molecular weight excluding hydrogens is 256 g/mol. The van der Waals surface area contributed by atoms with Gasteiger partial charge >= 0.3 is 0 Å². The third kappa shape index (κ3) is 19.9. The van der Waals surface area contributed by atoms with Gasteiger partial charge in [-0.15, -0.1) is 0 Å². The summed E-state index contributed by atoms with van der Waals surface area (Å²) >= 11 is 0. The second-order valence-electron chi connectivity index (χ2n) is 7.77. The number of hydrogen-bond acceptors (Lipinski definition) is 0. The zero-order valence-corrected chi connectivity index (χ0v) is 15.6. The van der Waals surface area contributed by atoms with Crippen molar-refractivity contribution in [1.82, 2.24) is 0 Å². The molecule has 0 aromatic rings. The van der Waals surface area contributed by atoms with Gasteiger partial charge in [0.25, 0.3) is 0 Å². The summed E-state index contributed by atoms with van der Waals surface area (Å²) in [5.41, 5.74) is 0. The van der Waals surface area contributed by atoms with Crippen molar-refractivity contribution in [3.63, 3.8) is 0 Å². The van der Waals surface area contributed by atoms with Gasteiger partial charge in [-0.05, 0) is 38.5 Å². The van der Waals surface area contributed by atoms with Gasteiger partial charge in [-0.25, -0.2) is 0 Å². The molecule has 128 valence electrons. The zero-order chi connectivity index (χ0) is 15.8. The predicted molar refractivity (Wildman–Crippen MR) is 95.6 cm³/mol. The van der Waals surface area contributed by atoms with Gasteiger partial charge in [0, 0.05) is 0 Å². The van der Waals surface area contributed by atoms with Crippen LogP contribution in [0.1, 0.15) is 84.0 Å². The number of quaternary nitrogens is 2. The first-order valence-electron chi connectivity index (χ1n) is 9.68. The Morgan fingerprint density at radius 1 is 0.571 bits per heavy atom. The molecule has 0 fully saturated rings. The maximum Gasteiger partial charge on any atom is 0.0780 e. The van der Waals surface area contributed by atoms with E-state index in [9.17, 15) is 0 Å². The fourth-order valence-electron chi connectivity index (χ4n) is 2.80. The summed E-state index contributed by atoms with van der Waals surface area (Å²) < 4.78 is 1.12. The molecule has 0 aromatic heterocycles. The van der Waals surface area contributed by atoms with Crippen molar-refractivity contribution in [2.45, 2.75) is 84.0 Å². The second kappa shape index (κ2) is 14.8. The van der Waals surface area contributed by atoms with E-state index in [1.54, 1.807) is 0 Å². The van der Waals surface area contributed by atoms with Crippen LogP contribution in [0.5, 0.6) is 0 Å². The molecule has 21 heavy (non-hydrogen) atoms. The standard InChI is InChI=1S/C19H43N2/c1-5-6-7-8-9-10-11-14-17-20-18-15-12-13-16-19-21(2,3)4/h20H,5-19H2,1-4H3/q+1/p+1. The number of rotatable bonds is 16. The lowest BCUT2D eigenvalue weighted by Crippen LogP contribution is -2.84. The summed E-state index contributed by atoms with van der Waals surface area (Å²) in [4.78, 5) is 0. The Kier molecular flexibility index (Phi) is 14.8. The van der Waals surface area contributed by atoms with Crippen LogP contribution in [0.25, 0.3) is 0 Å². The van der Waals surface area contributed by atoms with Crippen LogP contribution in [0.4, 0.5) is 0 Å². The Hall–Kier alpha value is -0.0800. The topological polar surface area (TPSA) is 16.6 Å². The molecule has 0 amide bonds. The van der Waals surface area contributed by atoms with E-state index >= 15 is 0 Å². The highest BCUT2D eigenvalue weighted by molar-refractivity contribution is 4.45. The molecule has 0 atom stereocenters. The third-order valence-electron chi connectivity index (χ3n) is 4.25. The Morgan fingerprint density at radius 3 is 1.48 bits per heavy atom. The van der Waals surface area contributed by atoms with Crippen molar-refractivity contribution in [2.75, 3.05) is 40.8 Å². The van der Waals surface area contributed by atoms with Crippen LogP contribution in [0.15, 0.2) is 0 Å². The Balaban J connectivity index is 3.00. The molecule has 0 aliphatic rings. The van der Waals surface area contributed by atoms with Crippen molar-refractivity contribution in [3.8, 4) is 0 Å². The maximum absolute atomic E-state index is 2.54. The highest BCUT2D eigenvalue weighted by Crippen LogP contribution is 2.07. The van der Waals surface area contributed by atoms with E-state index in [0.29, 0.717) is 0 Å². The van der Waals surface area contributed by atoms with E-state index in [2.05, 4.69) is 33.4 Å². The molecule has 2 heteroatoms. The lowest BCUT2D eigenvalue weighted by molar-refractivity contribution is -0.870. The third-order valence-corrected chi connectivity index (χ3v) is 4.25. The number of unbranched alkanes of at least 4 members (excludes halogenated alkanes) is 10. The van der Waals surface area contributed by atoms with E-state index in [1.165, 1.54) is 96.7 Å². The lowest BCUT2D eigenvalue weighted by Gasteiger charge is -2.23. The average Bonchev–Trinajstić information content (AvgIpc) is 2.42. The van der Waals surface area contributed by atoms with Crippen molar-refractivity contribution in [2.24, 2.45) is 0 Å². The quantitative estimate of drug-likeness (QED) is 0.328. The minimum Gasteiger partial charge on any atom is -0.346 e. The van der Waals surface area contributed by atoms with Crippen LogP contribution in [-0.2, 0) is 0 Å². The molecule has 0 aliphatic heterocycles. The summed E-state index contributed by atoms with van der Waals surface area (Å²) in [6.45, 7) is 6.32. The molecule has 2 N–H and O–H groups in total. The molecule has 0 aliphatic carbocycles. The van der Waals surface area contributed by atoms with E-state index in [4.69, 9.17) is 0 Å². The molecule has 0 spiro atoms. The minimum absolute atomic E-state index is 1.12. The number of nitrogens with zero attached hydrogens (tertiary/aromatic N) is 1. The smallest absolute Gasteiger partial charge is 0.0780 e. The Morgan fingerprint density at radius 2 is 1.00 bits per heavy atom. The van der Waals surface area contributed by atoms with Gasteiger partial charge in [-0.2, -0.15) is 0 Å². The maximum atomic E-state index is 2.54. The molecule has 0 rings (SSSR count). The van der Waals surface area contributed by atoms with Crippen molar-refractivity contribution >= 4 is 0 Å². The fourth-order valence-corrected chi connectivity index (χ4v) is 2.80. The largest absolute Gasteiger partial charge is 0.346 e. The van der Waals surface area contributed by atoms with Crippen LogP contribution in [0, 0.1) is 0 Å². The average molecular weight is 301 g/mol. The van der Waals surface area contributed by atoms with Gasteiger partial charge in [0.05, 0.1) is 40.8 Å². The first kappa shape index (κ1) is 20.9. The summed E-state index contributed by atoms with van der Waals surface area (Å²) in [7, 11) is 6.87. The first-order valence-corrected chi connectivity index (χ1v) is 9.68. The monoisotopic (exact) mass is 300 g/mol. The van der Waals surface area contributed by atoms with E-state index in [1.807, 2.05) is 0 Å². The summed E-state index contributed by atoms with van der Waals surface area (Å²) in [6.07, 6.45) is 17.2. The highest BCUT2D eigenvalue weighted by atomic mass is 15.3. The molecule has 0 saturated heterocycles. The van der Waals surface area contributed by atoms with Gasteiger partial charge in [-0.3, -0.25) is 0 Å². The van der Waals surface area contributed by atoms with E-state index in [-0.39, 0.29) is 0 Å². The number of hydrogen-bond donors (Lipinski definition) is 1. The van der Waals surface area contributed by atoms with E-state index in [0.717, 1.165) is 4.48 Å². The van der Waals surface area contributed by atoms with Crippen molar-refractivity contribution in [1.29, 1.82) is 0 Å². The van der Waals surface area contributed by atoms with Crippen LogP contribution in [0.3, 0.4) is 0 Å². The Bertz CT molecular complexity index is 196. The van der Waals surface area contributed by atoms with Crippen molar-refractivity contribution < 1.29 is 9.80 Å². The van der Waals surface area contributed by atoms with Crippen LogP contribution >= 0.6 is 0 Å². The Labute approximate surface area is 135 Å². The first-order chi connectivity index (χ1) is 10.1.